The Bertz CT molecular complexity index is 398. The van der Waals surface area contributed by atoms with Crippen molar-refractivity contribution in [3.63, 3.8) is 0 Å². The zero-order valence-corrected chi connectivity index (χ0v) is 12.7. The van der Waals surface area contributed by atoms with Gasteiger partial charge in [-0.25, -0.2) is 0 Å². The number of benzene rings is 1. The molecule has 3 N–H and O–H groups in total. The van der Waals surface area contributed by atoms with Gasteiger partial charge < -0.3 is 20.3 Å². The Hall–Kier alpha value is -0.940. The van der Waals surface area contributed by atoms with Crippen LogP contribution in [0.2, 0.25) is 0 Å². The molecular formula is C17H27NO3. The van der Waals surface area contributed by atoms with E-state index in [0.29, 0.717) is 25.1 Å². The molecule has 4 nitrogen and oxygen atoms in total. The van der Waals surface area contributed by atoms with Crippen molar-refractivity contribution in [3.8, 4) is 0 Å². The Labute approximate surface area is 127 Å². The third-order valence-corrected chi connectivity index (χ3v) is 4.32. The first-order chi connectivity index (χ1) is 10.2. The summed E-state index contributed by atoms with van der Waals surface area (Å²) < 4.78 is 5.72. The number of aliphatic hydroxyl groups is 2. The minimum atomic E-state index is -0.517. The van der Waals surface area contributed by atoms with Crippen LogP contribution in [-0.2, 0) is 4.74 Å². The highest BCUT2D eigenvalue weighted by molar-refractivity contribution is 5.16. The van der Waals surface area contributed by atoms with Crippen LogP contribution in [0.25, 0.3) is 0 Å². The predicted octanol–water partition coefficient (Wildman–Crippen LogP) is 1.88. The van der Waals surface area contributed by atoms with Gasteiger partial charge in [-0.3, -0.25) is 0 Å². The van der Waals surface area contributed by atoms with Gasteiger partial charge in [-0.2, -0.15) is 0 Å². The van der Waals surface area contributed by atoms with E-state index < -0.39 is 6.10 Å². The minimum absolute atomic E-state index is 0.0162. The fourth-order valence-corrected chi connectivity index (χ4v) is 2.95. The summed E-state index contributed by atoms with van der Waals surface area (Å²) in [5.41, 5.74) is 1.12. The Morgan fingerprint density at radius 2 is 2.05 bits per heavy atom. The molecule has 1 aliphatic rings. The molecule has 4 heteroatoms. The topological polar surface area (TPSA) is 61.7 Å². The summed E-state index contributed by atoms with van der Waals surface area (Å²) in [5, 5.41) is 22.6. The monoisotopic (exact) mass is 293 g/mol. The van der Waals surface area contributed by atoms with Crippen LogP contribution in [0.3, 0.4) is 0 Å². The molecule has 2 rings (SSSR count). The number of hydrogen-bond donors (Lipinski definition) is 3. The van der Waals surface area contributed by atoms with Gasteiger partial charge in [-0.15, -0.1) is 0 Å². The van der Waals surface area contributed by atoms with Crippen LogP contribution in [0.5, 0.6) is 0 Å². The average molecular weight is 293 g/mol. The van der Waals surface area contributed by atoms with E-state index in [4.69, 9.17) is 4.74 Å². The van der Waals surface area contributed by atoms with Crippen molar-refractivity contribution in [1.29, 1.82) is 0 Å². The zero-order chi connectivity index (χ0) is 15.1. The van der Waals surface area contributed by atoms with E-state index in [1.54, 1.807) is 0 Å². The average Bonchev–Trinajstić information content (AvgIpc) is 2.99. The zero-order valence-electron chi connectivity index (χ0n) is 12.7. The van der Waals surface area contributed by atoms with Crippen LogP contribution in [0, 0.1) is 5.92 Å². The SMILES string of the molecule is CC(OCC(O)CNC1CCCC1CO)c1ccccc1. The fourth-order valence-electron chi connectivity index (χ4n) is 2.95. The summed E-state index contributed by atoms with van der Waals surface area (Å²) >= 11 is 0. The van der Waals surface area contributed by atoms with Gasteiger partial charge in [0.05, 0.1) is 18.8 Å². The van der Waals surface area contributed by atoms with Gasteiger partial charge in [0.15, 0.2) is 0 Å². The van der Waals surface area contributed by atoms with Gasteiger partial charge in [0.1, 0.15) is 0 Å². The maximum absolute atomic E-state index is 10.0. The standard InChI is InChI=1S/C17H27NO3/c1-13(14-6-3-2-4-7-14)21-12-16(20)10-18-17-9-5-8-15(17)11-19/h2-4,6-7,13,15-20H,5,8-12H2,1H3. The third kappa shape index (κ3) is 5.08. The van der Waals surface area contributed by atoms with Crippen molar-refractivity contribution in [2.24, 2.45) is 5.92 Å². The highest BCUT2D eigenvalue weighted by atomic mass is 16.5. The fraction of sp³-hybridized carbons (Fsp3) is 0.647. The normalized spacial score (nSPS) is 24.9. The van der Waals surface area contributed by atoms with Crippen molar-refractivity contribution >= 4 is 0 Å². The lowest BCUT2D eigenvalue weighted by Gasteiger charge is -2.22. The van der Waals surface area contributed by atoms with Gasteiger partial charge in [0, 0.05) is 19.2 Å². The van der Waals surface area contributed by atoms with E-state index in [1.165, 1.54) is 0 Å². The van der Waals surface area contributed by atoms with E-state index in [-0.39, 0.29) is 12.7 Å². The molecule has 0 bridgehead atoms. The van der Waals surface area contributed by atoms with Crippen molar-refractivity contribution in [2.75, 3.05) is 19.8 Å². The van der Waals surface area contributed by atoms with Crippen LogP contribution in [-0.4, -0.2) is 42.1 Å². The van der Waals surface area contributed by atoms with Crippen molar-refractivity contribution in [3.05, 3.63) is 35.9 Å². The Kier molecular flexibility index (Phi) is 6.64. The third-order valence-electron chi connectivity index (χ3n) is 4.32. The summed E-state index contributed by atoms with van der Waals surface area (Å²) in [6.45, 7) is 3.06. The van der Waals surface area contributed by atoms with Crippen LogP contribution >= 0.6 is 0 Å². The Morgan fingerprint density at radius 3 is 2.76 bits per heavy atom. The molecule has 21 heavy (non-hydrogen) atoms. The molecule has 1 aromatic rings. The van der Waals surface area contributed by atoms with Crippen LogP contribution in [0.4, 0.5) is 0 Å². The molecule has 0 heterocycles. The number of nitrogens with one attached hydrogen (secondary N) is 1. The number of aliphatic hydroxyl groups excluding tert-OH is 2. The van der Waals surface area contributed by atoms with Crippen molar-refractivity contribution in [1.82, 2.24) is 5.32 Å². The number of hydrogen-bond acceptors (Lipinski definition) is 4. The van der Waals surface area contributed by atoms with Gasteiger partial charge in [0.25, 0.3) is 0 Å². The second-order valence-corrected chi connectivity index (χ2v) is 5.93. The summed E-state index contributed by atoms with van der Waals surface area (Å²) in [5.74, 6) is 0.335. The van der Waals surface area contributed by atoms with Gasteiger partial charge in [0.2, 0.25) is 0 Å². The largest absolute Gasteiger partial charge is 0.396 e. The van der Waals surface area contributed by atoms with E-state index in [2.05, 4.69) is 5.32 Å². The van der Waals surface area contributed by atoms with E-state index >= 15 is 0 Å². The van der Waals surface area contributed by atoms with Gasteiger partial charge in [-0.1, -0.05) is 36.8 Å². The molecule has 0 spiro atoms. The second-order valence-electron chi connectivity index (χ2n) is 5.93. The number of ether oxygens (including phenoxy) is 1. The Balaban J connectivity index is 1.66. The first kappa shape index (κ1) is 16.4. The molecule has 1 saturated carbocycles. The van der Waals surface area contributed by atoms with E-state index in [9.17, 15) is 10.2 Å². The minimum Gasteiger partial charge on any atom is -0.396 e. The number of rotatable bonds is 8. The molecule has 4 atom stereocenters. The quantitative estimate of drug-likeness (QED) is 0.685. The lowest BCUT2D eigenvalue weighted by molar-refractivity contribution is -0.00356. The van der Waals surface area contributed by atoms with Gasteiger partial charge in [-0.05, 0) is 31.2 Å². The lowest BCUT2D eigenvalue weighted by atomic mass is 10.1. The molecule has 0 radical (unpaired) electrons. The summed E-state index contributed by atoms with van der Waals surface area (Å²) in [6, 6.07) is 10.3. The molecule has 1 aromatic carbocycles. The van der Waals surface area contributed by atoms with Crippen LogP contribution in [0.15, 0.2) is 30.3 Å². The molecule has 118 valence electrons. The highest BCUT2D eigenvalue weighted by Crippen LogP contribution is 2.25. The molecule has 1 fully saturated rings. The van der Waals surface area contributed by atoms with E-state index in [0.717, 1.165) is 24.8 Å². The molecule has 0 aromatic heterocycles. The lowest BCUT2D eigenvalue weighted by Crippen LogP contribution is -2.40. The predicted molar refractivity (Wildman–Crippen MR) is 83.0 cm³/mol. The molecular weight excluding hydrogens is 266 g/mol. The van der Waals surface area contributed by atoms with Crippen molar-refractivity contribution in [2.45, 2.75) is 44.4 Å². The first-order valence-corrected chi connectivity index (χ1v) is 7.89. The second kappa shape index (κ2) is 8.49. The summed E-state index contributed by atoms with van der Waals surface area (Å²) in [6.07, 6.45) is 2.78. The molecule has 0 saturated heterocycles. The van der Waals surface area contributed by atoms with E-state index in [1.807, 2.05) is 37.3 Å². The molecule has 4 unspecified atom stereocenters. The highest BCUT2D eigenvalue weighted by Gasteiger charge is 2.26. The molecule has 0 amide bonds. The molecule has 0 aliphatic heterocycles. The van der Waals surface area contributed by atoms with Crippen LogP contribution in [0.1, 0.15) is 37.9 Å². The maximum atomic E-state index is 10.0. The molecule has 1 aliphatic carbocycles. The van der Waals surface area contributed by atoms with Crippen molar-refractivity contribution < 1.29 is 14.9 Å². The van der Waals surface area contributed by atoms with Crippen LogP contribution < -0.4 is 5.32 Å². The first-order valence-electron chi connectivity index (χ1n) is 7.89. The maximum Gasteiger partial charge on any atom is 0.0898 e. The summed E-state index contributed by atoms with van der Waals surface area (Å²) in [7, 11) is 0. The smallest absolute Gasteiger partial charge is 0.0898 e. The summed E-state index contributed by atoms with van der Waals surface area (Å²) in [4.78, 5) is 0. The van der Waals surface area contributed by atoms with Gasteiger partial charge >= 0.3 is 0 Å². The Morgan fingerprint density at radius 1 is 1.29 bits per heavy atom.